The van der Waals surface area contributed by atoms with E-state index in [9.17, 15) is 0 Å². The van der Waals surface area contributed by atoms with Crippen LogP contribution in [0.5, 0.6) is 0 Å². The van der Waals surface area contributed by atoms with Gasteiger partial charge >= 0.3 is 0 Å². The summed E-state index contributed by atoms with van der Waals surface area (Å²) in [6.45, 7) is 2.81. The monoisotopic (exact) mass is 187 g/mol. The van der Waals surface area contributed by atoms with Crippen molar-refractivity contribution in [2.24, 2.45) is 0 Å². The fourth-order valence-electron chi connectivity index (χ4n) is 1.46. The van der Waals surface area contributed by atoms with E-state index in [4.69, 9.17) is 5.73 Å². The van der Waals surface area contributed by atoms with Crippen molar-refractivity contribution in [2.75, 3.05) is 5.73 Å². The summed E-state index contributed by atoms with van der Waals surface area (Å²) >= 11 is 0. The Bertz CT molecular complexity index is 432. The first kappa shape index (κ1) is 8.81. The molecule has 0 aliphatic heterocycles. The number of nitrogens with two attached hydrogens (primary N) is 1. The molecule has 0 fully saturated rings. The van der Waals surface area contributed by atoms with Crippen molar-refractivity contribution < 1.29 is 0 Å². The number of nitrogen functional groups attached to an aromatic ring is 1. The van der Waals surface area contributed by atoms with Gasteiger partial charge in [0.2, 0.25) is 0 Å². The van der Waals surface area contributed by atoms with E-state index in [-0.39, 0.29) is 0 Å². The van der Waals surface area contributed by atoms with Gasteiger partial charge in [0.05, 0.1) is 12.0 Å². The summed E-state index contributed by atoms with van der Waals surface area (Å²) in [6.07, 6.45) is 3.85. The Morgan fingerprint density at radius 3 is 2.93 bits per heavy atom. The normalized spacial score (nSPS) is 10.4. The largest absolute Gasteiger partial charge is 0.399 e. The van der Waals surface area contributed by atoms with Crippen molar-refractivity contribution in [1.82, 2.24) is 9.55 Å². The van der Waals surface area contributed by atoms with Crippen molar-refractivity contribution in [2.45, 2.75) is 13.5 Å². The van der Waals surface area contributed by atoms with Gasteiger partial charge < -0.3 is 10.3 Å². The van der Waals surface area contributed by atoms with Crippen molar-refractivity contribution in [3.8, 4) is 0 Å². The predicted octanol–water partition coefficient (Wildman–Crippen LogP) is 1.82. The van der Waals surface area contributed by atoms with E-state index in [0.717, 1.165) is 17.9 Å². The summed E-state index contributed by atoms with van der Waals surface area (Å²) in [7, 11) is 0. The van der Waals surface area contributed by atoms with Crippen LogP contribution in [0.25, 0.3) is 0 Å². The number of imidazole rings is 1. The van der Waals surface area contributed by atoms with E-state index in [1.54, 1.807) is 0 Å². The highest BCUT2D eigenvalue weighted by atomic mass is 15.0. The number of hydrogen-bond acceptors (Lipinski definition) is 2. The lowest BCUT2D eigenvalue weighted by Crippen LogP contribution is -1.97. The Labute approximate surface area is 83.2 Å². The minimum absolute atomic E-state index is 0.805. The maximum atomic E-state index is 5.69. The van der Waals surface area contributed by atoms with Crippen LogP contribution in [0.4, 0.5) is 5.69 Å². The lowest BCUT2D eigenvalue weighted by atomic mass is 10.2. The Morgan fingerprint density at radius 2 is 2.29 bits per heavy atom. The number of hydrogen-bond donors (Lipinski definition) is 1. The molecule has 0 saturated heterocycles. The fourth-order valence-corrected chi connectivity index (χ4v) is 1.46. The fraction of sp³-hybridized carbons (Fsp3) is 0.182. The highest BCUT2D eigenvalue weighted by Gasteiger charge is 1.96. The summed E-state index contributed by atoms with van der Waals surface area (Å²) in [5.74, 6) is 0. The van der Waals surface area contributed by atoms with Gasteiger partial charge in [-0.15, -0.1) is 0 Å². The average molecular weight is 187 g/mol. The lowest BCUT2D eigenvalue weighted by Gasteiger charge is -2.02. The highest BCUT2D eigenvalue weighted by Crippen LogP contribution is 2.08. The SMILES string of the molecule is Cc1cn(Cc2cccc(N)c2)cn1. The molecule has 0 saturated carbocycles. The average Bonchev–Trinajstić information content (AvgIpc) is 2.51. The van der Waals surface area contributed by atoms with Gasteiger partial charge in [0.25, 0.3) is 0 Å². The number of rotatable bonds is 2. The molecule has 3 heteroatoms. The third-order valence-electron chi connectivity index (χ3n) is 2.08. The zero-order valence-electron chi connectivity index (χ0n) is 8.14. The number of nitrogens with zero attached hydrogens (tertiary/aromatic N) is 2. The molecule has 0 spiro atoms. The Balaban J connectivity index is 2.18. The molecule has 2 rings (SSSR count). The van der Waals surface area contributed by atoms with Gasteiger partial charge in [-0.25, -0.2) is 4.98 Å². The summed E-state index contributed by atoms with van der Waals surface area (Å²) in [4.78, 5) is 4.17. The first-order chi connectivity index (χ1) is 6.74. The molecule has 0 aliphatic carbocycles. The molecule has 14 heavy (non-hydrogen) atoms. The van der Waals surface area contributed by atoms with Gasteiger partial charge in [0, 0.05) is 18.4 Å². The second kappa shape index (κ2) is 3.54. The topological polar surface area (TPSA) is 43.8 Å². The molecule has 0 bridgehead atoms. The van der Waals surface area contributed by atoms with Crippen LogP contribution >= 0.6 is 0 Å². The van der Waals surface area contributed by atoms with E-state index in [1.165, 1.54) is 5.56 Å². The summed E-state index contributed by atoms with van der Waals surface area (Å²) in [5, 5.41) is 0. The van der Waals surface area contributed by atoms with Crippen molar-refractivity contribution in [3.63, 3.8) is 0 Å². The van der Waals surface area contributed by atoms with Crippen LogP contribution < -0.4 is 5.73 Å². The second-order valence-corrected chi connectivity index (χ2v) is 3.43. The van der Waals surface area contributed by atoms with Crippen LogP contribution in [-0.2, 0) is 6.54 Å². The molecule has 0 radical (unpaired) electrons. The molecule has 1 heterocycles. The molecule has 0 atom stereocenters. The summed E-state index contributed by atoms with van der Waals surface area (Å²) < 4.78 is 2.05. The van der Waals surface area contributed by atoms with Crippen LogP contribution in [0.1, 0.15) is 11.3 Å². The van der Waals surface area contributed by atoms with Crippen molar-refractivity contribution >= 4 is 5.69 Å². The first-order valence-corrected chi connectivity index (χ1v) is 4.57. The van der Waals surface area contributed by atoms with Crippen molar-refractivity contribution in [1.29, 1.82) is 0 Å². The minimum atomic E-state index is 0.805. The summed E-state index contributed by atoms with van der Waals surface area (Å²) in [6, 6.07) is 7.90. The molecule has 1 aromatic carbocycles. The van der Waals surface area contributed by atoms with Gasteiger partial charge in [-0.1, -0.05) is 12.1 Å². The summed E-state index contributed by atoms with van der Waals surface area (Å²) in [5.41, 5.74) is 8.73. The second-order valence-electron chi connectivity index (χ2n) is 3.43. The molecule has 2 aromatic rings. The first-order valence-electron chi connectivity index (χ1n) is 4.57. The van der Waals surface area contributed by atoms with Gasteiger partial charge in [0.15, 0.2) is 0 Å². The number of benzene rings is 1. The van der Waals surface area contributed by atoms with Gasteiger partial charge in [-0.2, -0.15) is 0 Å². The van der Waals surface area contributed by atoms with Crippen molar-refractivity contribution in [3.05, 3.63) is 48.0 Å². The number of aryl methyl sites for hydroxylation is 1. The predicted molar refractivity (Wildman–Crippen MR) is 56.9 cm³/mol. The standard InChI is InChI=1S/C11H13N3/c1-9-6-14(8-13-9)7-10-3-2-4-11(12)5-10/h2-6,8H,7,12H2,1H3. The van der Waals surface area contributed by atoms with E-state index in [1.807, 2.05) is 42.2 Å². The zero-order chi connectivity index (χ0) is 9.97. The lowest BCUT2D eigenvalue weighted by molar-refractivity contribution is 0.797. The molecule has 3 nitrogen and oxygen atoms in total. The Kier molecular flexibility index (Phi) is 2.23. The Morgan fingerprint density at radius 1 is 1.43 bits per heavy atom. The molecular formula is C11H13N3. The van der Waals surface area contributed by atoms with Crippen LogP contribution in [0, 0.1) is 6.92 Å². The van der Waals surface area contributed by atoms with Gasteiger partial charge in [-0.05, 0) is 24.6 Å². The molecule has 2 N–H and O–H groups in total. The van der Waals surface area contributed by atoms with Gasteiger partial charge in [0.1, 0.15) is 0 Å². The molecule has 0 amide bonds. The van der Waals surface area contributed by atoms with Gasteiger partial charge in [-0.3, -0.25) is 0 Å². The van der Waals surface area contributed by atoms with Crippen LogP contribution in [0.2, 0.25) is 0 Å². The third-order valence-corrected chi connectivity index (χ3v) is 2.08. The third kappa shape index (κ3) is 1.93. The Hall–Kier alpha value is -1.77. The van der Waals surface area contributed by atoms with Crippen LogP contribution in [-0.4, -0.2) is 9.55 Å². The molecule has 0 unspecified atom stereocenters. The van der Waals surface area contributed by atoms with E-state index >= 15 is 0 Å². The highest BCUT2D eigenvalue weighted by molar-refractivity contribution is 5.40. The van der Waals surface area contributed by atoms with Crippen LogP contribution in [0.15, 0.2) is 36.8 Å². The molecular weight excluding hydrogens is 174 g/mol. The quantitative estimate of drug-likeness (QED) is 0.729. The van der Waals surface area contributed by atoms with E-state index in [0.29, 0.717) is 0 Å². The van der Waals surface area contributed by atoms with E-state index in [2.05, 4.69) is 11.1 Å². The zero-order valence-corrected chi connectivity index (χ0v) is 8.14. The molecule has 0 aliphatic rings. The van der Waals surface area contributed by atoms with Crippen LogP contribution in [0.3, 0.4) is 0 Å². The molecule has 1 aromatic heterocycles. The number of anilines is 1. The smallest absolute Gasteiger partial charge is 0.0952 e. The maximum Gasteiger partial charge on any atom is 0.0952 e. The minimum Gasteiger partial charge on any atom is -0.399 e. The van der Waals surface area contributed by atoms with E-state index < -0.39 is 0 Å². The molecule has 72 valence electrons. The number of aromatic nitrogens is 2. The maximum absolute atomic E-state index is 5.69.